The monoisotopic (exact) mass is 392 g/mol. The highest BCUT2D eigenvalue weighted by Gasteiger charge is 2.13. The first-order valence-electron chi connectivity index (χ1n) is 10.3. The Morgan fingerprint density at radius 1 is 1.21 bits per heavy atom. The Bertz CT molecular complexity index is 682. The molecule has 154 valence electrons. The molecule has 3 rings (SSSR count). The molecule has 1 aromatic carbocycles. The summed E-state index contributed by atoms with van der Waals surface area (Å²) >= 11 is 0. The standard InChI is InChI=1S/C22H30F2N2O2/c23-19-10-8-18(9-11-19)22-26-21(16-28-22)15-27-14-20(24)7-2-1-5-17-6-3-4-12-25-13-17/h8-11,16-17,20,25H,1-7,12-15H2. The van der Waals surface area contributed by atoms with Gasteiger partial charge in [-0.15, -0.1) is 0 Å². The highest BCUT2D eigenvalue weighted by atomic mass is 19.1. The number of rotatable bonds is 10. The van der Waals surface area contributed by atoms with Crippen LogP contribution in [0.1, 0.15) is 50.6 Å². The van der Waals surface area contributed by atoms with E-state index in [1.165, 1.54) is 44.1 Å². The number of halogens is 2. The molecule has 1 aliphatic heterocycles. The molecule has 1 saturated heterocycles. The fraction of sp³-hybridized carbons (Fsp3) is 0.591. The highest BCUT2D eigenvalue weighted by Crippen LogP contribution is 2.20. The third kappa shape index (κ3) is 6.99. The minimum atomic E-state index is -0.948. The molecule has 0 spiro atoms. The average Bonchev–Trinajstić information content (AvgIpc) is 3.01. The molecule has 2 unspecified atom stereocenters. The van der Waals surface area contributed by atoms with Crippen LogP contribution < -0.4 is 5.32 Å². The van der Waals surface area contributed by atoms with Crippen molar-refractivity contribution in [3.63, 3.8) is 0 Å². The Morgan fingerprint density at radius 2 is 2.07 bits per heavy atom. The number of ether oxygens (including phenoxy) is 1. The molecule has 28 heavy (non-hydrogen) atoms. The average molecular weight is 392 g/mol. The van der Waals surface area contributed by atoms with Gasteiger partial charge in [-0.25, -0.2) is 13.8 Å². The first-order valence-corrected chi connectivity index (χ1v) is 10.3. The van der Waals surface area contributed by atoms with E-state index in [1.807, 2.05) is 0 Å². The van der Waals surface area contributed by atoms with Crippen molar-refractivity contribution in [3.05, 3.63) is 42.0 Å². The van der Waals surface area contributed by atoms with Crippen LogP contribution in [0.2, 0.25) is 0 Å². The van der Waals surface area contributed by atoms with Crippen LogP contribution in [-0.2, 0) is 11.3 Å². The molecule has 1 aliphatic rings. The number of benzene rings is 1. The maximum absolute atomic E-state index is 14.0. The highest BCUT2D eigenvalue weighted by molar-refractivity contribution is 5.52. The second-order valence-corrected chi connectivity index (χ2v) is 7.61. The molecule has 1 N–H and O–H groups in total. The van der Waals surface area contributed by atoms with Gasteiger partial charge in [-0.3, -0.25) is 0 Å². The third-order valence-corrected chi connectivity index (χ3v) is 5.22. The summed E-state index contributed by atoms with van der Waals surface area (Å²) in [6, 6.07) is 5.93. The summed E-state index contributed by atoms with van der Waals surface area (Å²) < 4.78 is 37.8. The SMILES string of the molecule is Fc1ccc(-c2nc(COCC(F)CCCCC3CCCCNC3)co2)cc1. The van der Waals surface area contributed by atoms with Crippen LogP contribution in [-0.4, -0.2) is 30.9 Å². The van der Waals surface area contributed by atoms with E-state index >= 15 is 0 Å². The molecule has 4 nitrogen and oxygen atoms in total. The zero-order valence-corrected chi connectivity index (χ0v) is 16.3. The van der Waals surface area contributed by atoms with Crippen LogP contribution >= 0.6 is 0 Å². The predicted octanol–water partition coefficient (Wildman–Crippen LogP) is 5.29. The Kier molecular flexibility index (Phi) is 8.42. The number of nitrogens with zero attached hydrogens (tertiary/aromatic N) is 1. The quantitative estimate of drug-likeness (QED) is 0.559. The molecule has 2 aromatic rings. The fourth-order valence-corrected chi connectivity index (χ4v) is 3.61. The molecule has 1 fully saturated rings. The van der Waals surface area contributed by atoms with E-state index in [0.717, 1.165) is 31.8 Å². The lowest BCUT2D eigenvalue weighted by molar-refractivity contribution is 0.0635. The largest absolute Gasteiger partial charge is 0.444 e. The van der Waals surface area contributed by atoms with E-state index in [2.05, 4.69) is 10.3 Å². The molecular weight excluding hydrogens is 362 g/mol. The van der Waals surface area contributed by atoms with Crippen LogP contribution in [0, 0.1) is 11.7 Å². The van der Waals surface area contributed by atoms with Crippen molar-refractivity contribution < 1.29 is 17.9 Å². The van der Waals surface area contributed by atoms with Gasteiger partial charge < -0.3 is 14.5 Å². The van der Waals surface area contributed by atoms with Gasteiger partial charge in [-0.1, -0.05) is 19.3 Å². The number of unbranched alkanes of at least 4 members (excludes halogenated alkanes) is 1. The molecule has 0 saturated carbocycles. The van der Waals surface area contributed by atoms with Gasteiger partial charge in [-0.2, -0.15) is 0 Å². The van der Waals surface area contributed by atoms with Crippen molar-refractivity contribution in [1.29, 1.82) is 0 Å². The van der Waals surface area contributed by atoms with E-state index in [4.69, 9.17) is 9.15 Å². The summed E-state index contributed by atoms with van der Waals surface area (Å²) in [5.74, 6) is 0.849. The molecule has 2 heterocycles. The van der Waals surface area contributed by atoms with Gasteiger partial charge in [0.1, 0.15) is 23.9 Å². The topological polar surface area (TPSA) is 47.3 Å². The summed E-state index contributed by atoms with van der Waals surface area (Å²) in [7, 11) is 0. The van der Waals surface area contributed by atoms with Crippen LogP contribution in [0.3, 0.4) is 0 Å². The molecule has 0 aliphatic carbocycles. The van der Waals surface area contributed by atoms with E-state index in [1.54, 1.807) is 12.1 Å². The lowest BCUT2D eigenvalue weighted by atomic mass is 9.96. The zero-order valence-electron chi connectivity index (χ0n) is 16.3. The number of hydrogen-bond donors (Lipinski definition) is 1. The number of hydrogen-bond acceptors (Lipinski definition) is 4. The van der Waals surface area contributed by atoms with Gasteiger partial charge >= 0.3 is 0 Å². The van der Waals surface area contributed by atoms with Crippen LogP contribution in [0.4, 0.5) is 8.78 Å². The fourth-order valence-electron chi connectivity index (χ4n) is 3.61. The van der Waals surface area contributed by atoms with E-state index in [-0.39, 0.29) is 19.0 Å². The minimum absolute atomic E-state index is 0.0731. The van der Waals surface area contributed by atoms with Gasteiger partial charge in [0.2, 0.25) is 5.89 Å². The van der Waals surface area contributed by atoms with Crippen molar-refractivity contribution >= 4 is 0 Å². The van der Waals surface area contributed by atoms with Crippen LogP contribution in [0.25, 0.3) is 11.5 Å². The second-order valence-electron chi connectivity index (χ2n) is 7.61. The van der Waals surface area contributed by atoms with Gasteiger partial charge in [0.05, 0.1) is 13.2 Å². The molecule has 0 radical (unpaired) electrons. The Labute approximate surface area is 165 Å². The number of aromatic nitrogens is 1. The van der Waals surface area contributed by atoms with Crippen molar-refractivity contribution in [2.45, 2.75) is 57.7 Å². The molecule has 0 amide bonds. The summed E-state index contributed by atoms with van der Waals surface area (Å²) in [4.78, 5) is 4.30. The van der Waals surface area contributed by atoms with Crippen LogP contribution in [0.5, 0.6) is 0 Å². The third-order valence-electron chi connectivity index (χ3n) is 5.22. The Hall–Kier alpha value is -1.79. The van der Waals surface area contributed by atoms with E-state index < -0.39 is 6.17 Å². The minimum Gasteiger partial charge on any atom is -0.444 e. The maximum Gasteiger partial charge on any atom is 0.226 e. The number of oxazole rings is 1. The van der Waals surface area contributed by atoms with Crippen LogP contribution in [0.15, 0.2) is 34.9 Å². The number of alkyl halides is 1. The van der Waals surface area contributed by atoms with Crippen molar-refractivity contribution in [2.75, 3.05) is 19.7 Å². The van der Waals surface area contributed by atoms with Gasteiger partial charge in [0.25, 0.3) is 0 Å². The lowest BCUT2D eigenvalue weighted by Crippen LogP contribution is -2.20. The molecule has 2 atom stereocenters. The van der Waals surface area contributed by atoms with Crippen molar-refractivity contribution in [3.8, 4) is 11.5 Å². The van der Waals surface area contributed by atoms with Gasteiger partial charge in [-0.05, 0) is 69.0 Å². The van der Waals surface area contributed by atoms with E-state index in [9.17, 15) is 8.78 Å². The summed E-state index contributed by atoms with van der Waals surface area (Å²) in [6.07, 6.45) is 8.14. The number of nitrogens with one attached hydrogen (secondary N) is 1. The molecule has 0 bridgehead atoms. The zero-order chi connectivity index (χ0) is 19.6. The lowest BCUT2D eigenvalue weighted by Gasteiger charge is -2.14. The molecule has 6 heteroatoms. The summed E-state index contributed by atoms with van der Waals surface area (Å²) in [5, 5.41) is 3.48. The van der Waals surface area contributed by atoms with Gasteiger partial charge in [0, 0.05) is 5.56 Å². The maximum atomic E-state index is 14.0. The second kappa shape index (κ2) is 11.3. The summed E-state index contributed by atoms with van der Waals surface area (Å²) in [5.41, 5.74) is 1.30. The first-order chi connectivity index (χ1) is 13.7. The molecule has 1 aromatic heterocycles. The van der Waals surface area contributed by atoms with Crippen molar-refractivity contribution in [1.82, 2.24) is 10.3 Å². The Morgan fingerprint density at radius 3 is 2.93 bits per heavy atom. The van der Waals surface area contributed by atoms with E-state index in [0.29, 0.717) is 23.6 Å². The molecular formula is C22H30F2N2O2. The van der Waals surface area contributed by atoms with Crippen molar-refractivity contribution in [2.24, 2.45) is 5.92 Å². The summed E-state index contributed by atoms with van der Waals surface area (Å²) in [6.45, 7) is 2.53. The smallest absolute Gasteiger partial charge is 0.226 e. The first kappa shape index (κ1) is 20.9. The Balaban J connectivity index is 1.29. The predicted molar refractivity (Wildman–Crippen MR) is 105 cm³/mol. The van der Waals surface area contributed by atoms with Gasteiger partial charge in [0.15, 0.2) is 0 Å². The normalized spacial score (nSPS) is 18.7.